The van der Waals surface area contributed by atoms with Crippen molar-refractivity contribution in [3.05, 3.63) is 59.2 Å². The van der Waals surface area contributed by atoms with Crippen LogP contribution in [0.1, 0.15) is 16.7 Å². The van der Waals surface area contributed by atoms with Crippen LogP contribution in [0.3, 0.4) is 0 Å². The molecule has 0 N–H and O–H groups in total. The van der Waals surface area contributed by atoms with Crippen molar-refractivity contribution in [3.8, 4) is 0 Å². The lowest BCUT2D eigenvalue weighted by Gasteiger charge is -2.25. The number of benzene rings is 2. The first kappa shape index (κ1) is 15.9. The Morgan fingerprint density at radius 1 is 1.05 bits per heavy atom. The van der Waals surface area contributed by atoms with Crippen LogP contribution in [0.15, 0.2) is 42.5 Å². The van der Waals surface area contributed by atoms with E-state index in [-0.39, 0.29) is 5.69 Å². The highest BCUT2D eigenvalue weighted by molar-refractivity contribution is 9.08. The molecule has 0 saturated carbocycles. The number of para-hydroxylation sites is 1. The second-order valence-electron chi connectivity index (χ2n) is 4.83. The molecular weight excluding hydrogens is 343 g/mol. The average Bonchev–Trinajstić information content (AvgIpc) is 2.45. The SMILES string of the molecule is Cc1ccccc1N(C)c1ccc(CBr)cc1C(F)(F)F. The summed E-state index contributed by atoms with van der Waals surface area (Å²) < 4.78 is 39.9. The summed E-state index contributed by atoms with van der Waals surface area (Å²) in [6.07, 6.45) is -4.38. The van der Waals surface area contributed by atoms with Crippen molar-refractivity contribution in [2.45, 2.75) is 18.4 Å². The van der Waals surface area contributed by atoms with Gasteiger partial charge in [-0.1, -0.05) is 40.2 Å². The Kier molecular flexibility index (Phi) is 4.61. The van der Waals surface area contributed by atoms with Crippen LogP contribution < -0.4 is 4.90 Å². The lowest BCUT2D eigenvalue weighted by atomic mass is 10.1. The summed E-state index contributed by atoms with van der Waals surface area (Å²) in [5.74, 6) is 0. The number of aryl methyl sites for hydroxylation is 1. The van der Waals surface area contributed by atoms with Crippen LogP contribution in [-0.4, -0.2) is 7.05 Å². The van der Waals surface area contributed by atoms with Crippen molar-refractivity contribution < 1.29 is 13.2 Å². The van der Waals surface area contributed by atoms with Crippen LogP contribution >= 0.6 is 15.9 Å². The van der Waals surface area contributed by atoms with Gasteiger partial charge in [0.2, 0.25) is 0 Å². The van der Waals surface area contributed by atoms with Gasteiger partial charge >= 0.3 is 6.18 Å². The van der Waals surface area contributed by atoms with E-state index < -0.39 is 11.7 Å². The van der Waals surface area contributed by atoms with Gasteiger partial charge in [-0.2, -0.15) is 13.2 Å². The number of nitrogens with zero attached hydrogens (tertiary/aromatic N) is 1. The number of halogens is 4. The maximum Gasteiger partial charge on any atom is 0.418 e. The summed E-state index contributed by atoms with van der Waals surface area (Å²) in [7, 11) is 1.65. The summed E-state index contributed by atoms with van der Waals surface area (Å²) in [5.41, 5.74) is 1.82. The lowest BCUT2D eigenvalue weighted by Crippen LogP contribution is -2.17. The first-order valence-corrected chi connectivity index (χ1v) is 7.52. The molecule has 1 nitrogen and oxygen atoms in total. The molecule has 0 bridgehead atoms. The monoisotopic (exact) mass is 357 g/mol. The molecule has 21 heavy (non-hydrogen) atoms. The van der Waals surface area contributed by atoms with Crippen LogP contribution in [0.25, 0.3) is 0 Å². The molecule has 0 radical (unpaired) electrons. The van der Waals surface area contributed by atoms with Crippen molar-refractivity contribution >= 4 is 27.3 Å². The molecular formula is C16H15BrF3N. The molecule has 0 saturated heterocycles. The van der Waals surface area contributed by atoms with Crippen LogP contribution in [0.2, 0.25) is 0 Å². The molecule has 0 atom stereocenters. The first-order valence-electron chi connectivity index (χ1n) is 6.40. The largest absolute Gasteiger partial charge is 0.418 e. The molecule has 0 fully saturated rings. The van der Waals surface area contributed by atoms with Gasteiger partial charge in [-0.15, -0.1) is 0 Å². The van der Waals surface area contributed by atoms with Crippen molar-refractivity contribution in [1.29, 1.82) is 0 Å². The summed E-state index contributed by atoms with van der Waals surface area (Å²) in [6.45, 7) is 1.88. The molecule has 0 amide bonds. The molecule has 0 spiro atoms. The fraction of sp³-hybridized carbons (Fsp3) is 0.250. The lowest BCUT2D eigenvalue weighted by molar-refractivity contribution is -0.137. The third-order valence-corrected chi connectivity index (χ3v) is 4.01. The Balaban J connectivity index is 2.56. The van der Waals surface area contributed by atoms with E-state index in [1.54, 1.807) is 18.0 Å². The number of rotatable bonds is 3. The van der Waals surface area contributed by atoms with Crippen molar-refractivity contribution in [1.82, 2.24) is 0 Å². The van der Waals surface area contributed by atoms with Gasteiger partial charge in [-0.25, -0.2) is 0 Å². The topological polar surface area (TPSA) is 3.24 Å². The Morgan fingerprint density at radius 2 is 1.71 bits per heavy atom. The Labute approximate surface area is 130 Å². The highest BCUT2D eigenvalue weighted by atomic mass is 79.9. The minimum atomic E-state index is -4.38. The molecule has 2 aromatic carbocycles. The summed E-state index contributed by atoms with van der Waals surface area (Å²) in [4.78, 5) is 1.58. The molecule has 5 heteroatoms. The van der Waals surface area contributed by atoms with Crippen LogP contribution in [-0.2, 0) is 11.5 Å². The van der Waals surface area contributed by atoms with E-state index in [4.69, 9.17) is 0 Å². The summed E-state index contributed by atoms with van der Waals surface area (Å²) in [5, 5.41) is 0.393. The van der Waals surface area contributed by atoms with E-state index in [1.807, 2.05) is 31.2 Å². The number of hydrogen-bond donors (Lipinski definition) is 0. The highest BCUT2D eigenvalue weighted by Gasteiger charge is 2.35. The molecule has 0 aliphatic carbocycles. The molecule has 0 aliphatic heterocycles. The zero-order valence-electron chi connectivity index (χ0n) is 11.7. The van der Waals surface area contributed by atoms with Crippen molar-refractivity contribution in [3.63, 3.8) is 0 Å². The van der Waals surface area contributed by atoms with Crippen LogP contribution in [0.5, 0.6) is 0 Å². The molecule has 0 heterocycles. The van der Waals surface area contributed by atoms with Gasteiger partial charge in [0.25, 0.3) is 0 Å². The Bertz CT molecular complexity index is 638. The van der Waals surface area contributed by atoms with Crippen LogP contribution in [0, 0.1) is 6.92 Å². The predicted molar refractivity (Wildman–Crippen MR) is 83.3 cm³/mol. The maximum absolute atomic E-state index is 13.3. The maximum atomic E-state index is 13.3. The second kappa shape index (κ2) is 6.10. The van der Waals surface area contributed by atoms with E-state index in [1.165, 1.54) is 12.1 Å². The summed E-state index contributed by atoms with van der Waals surface area (Å²) in [6, 6.07) is 11.8. The first-order chi connectivity index (χ1) is 9.84. The fourth-order valence-corrected chi connectivity index (χ4v) is 2.60. The van der Waals surface area contributed by atoms with E-state index in [2.05, 4.69) is 15.9 Å². The zero-order valence-corrected chi connectivity index (χ0v) is 13.3. The van der Waals surface area contributed by atoms with E-state index in [0.29, 0.717) is 10.9 Å². The Hall–Kier alpha value is -1.49. The van der Waals surface area contributed by atoms with Crippen molar-refractivity contribution in [2.24, 2.45) is 0 Å². The minimum absolute atomic E-state index is 0.154. The number of anilines is 2. The van der Waals surface area contributed by atoms with Gasteiger partial charge in [0.15, 0.2) is 0 Å². The van der Waals surface area contributed by atoms with Crippen LogP contribution in [0.4, 0.5) is 24.5 Å². The molecule has 0 unspecified atom stereocenters. The highest BCUT2D eigenvalue weighted by Crippen LogP contribution is 2.39. The quantitative estimate of drug-likeness (QED) is 0.639. The third-order valence-electron chi connectivity index (χ3n) is 3.36. The van der Waals surface area contributed by atoms with Gasteiger partial charge in [0.05, 0.1) is 11.3 Å². The number of alkyl halides is 4. The Morgan fingerprint density at radius 3 is 2.29 bits per heavy atom. The van der Waals surface area contributed by atoms with Crippen molar-refractivity contribution in [2.75, 3.05) is 11.9 Å². The predicted octanol–water partition coefficient (Wildman–Crippen LogP) is 5.68. The number of hydrogen-bond acceptors (Lipinski definition) is 1. The van der Waals surface area contributed by atoms with E-state index in [0.717, 1.165) is 11.3 Å². The summed E-state index contributed by atoms with van der Waals surface area (Å²) >= 11 is 3.20. The molecule has 2 aromatic rings. The molecule has 0 aromatic heterocycles. The fourth-order valence-electron chi connectivity index (χ4n) is 2.26. The van der Waals surface area contributed by atoms with Gasteiger partial charge in [-0.3, -0.25) is 0 Å². The van der Waals surface area contributed by atoms with Gasteiger partial charge < -0.3 is 4.90 Å². The standard InChI is InChI=1S/C16H15BrF3N/c1-11-5-3-4-6-14(11)21(2)15-8-7-12(10-17)9-13(15)16(18,19)20/h3-9H,10H2,1-2H3. The van der Waals surface area contributed by atoms with E-state index in [9.17, 15) is 13.2 Å². The normalized spacial score (nSPS) is 11.5. The zero-order chi connectivity index (χ0) is 15.6. The third kappa shape index (κ3) is 3.40. The van der Waals surface area contributed by atoms with Gasteiger partial charge in [0, 0.05) is 18.1 Å². The van der Waals surface area contributed by atoms with Gasteiger partial charge in [0.1, 0.15) is 0 Å². The average molecular weight is 358 g/mol. The molecule has 0 aliphatic rings. The molecule has 112 valence electrons. The smallest absolute Gasteiger partial charge is 0.344 e. The second-order valence-corrected chi connectivity index (χ2v) is 5.39. The van der Waals surface area contributed by atoms with E-state index >= 15 is 0 Å². The molecule has 2 rings (SSSR count). The minimum Gasteiger partial charge on any atom is -0.344 e. The van der Waals surface area contributed by atoms with Gasteiger partial charge in [-0.05, 0) is 36.2 Å².